The van der Waals surface area contributed by atoms with Crippen molar-refractivity contribution < 1.29 is 14.3 Å². The van der Waals surface area contributed by atoms with Crippen LogP contribution in [0.25, 0.3) is 0 Å². The van der Waals surface area contributed by atoms with Gasteiger partial charge in [0, 0.05) is 31.8 Å². The zero-order valence-corrected chi connectivity index (χ0v) is 19.5. The smallest absolute Gasteiger partial charge is 0.248 e. The van der Waals surface area contributed by atoms with Crippen molar-refractivity contribution in [1.29, 1.82) is 0 Å². The first-order chi connectivity index (χ1) is 14.2. The molecular weight excluding hydrogens is 388 g/mol. The molecule has 4 N–H and O–H groups in total. The molecule has 0 heterocycles. The summed E-state index contributed by atoms with van der Waals surface area (Å²) in [6.45, 7) is 7.44. The summed E-state index contributed by atoms with van der Waals surface area (Å²) in [5.41, 5.74) is 5.49. The van der Waals surface area contributed by atoms with E-state index in [0.29, 0.717) is 19.6 Å². The second kappa shape index (κ2) is 21.9. The number of ether oxygens (including phenoxy) is 1. The Morgan fingerprint density at radius 2 is 1.72 bits per heavy atom. The van der Waals surface area contributed by atoms with Crippen LogP contribution in [0.4, 0.5) is 0 Å². The quantitative estimate of drug-likeness (QED) is 0.240. The van der Waals surface area contributed by atoms with Crippen LogP contribution in [0.1, 0.15) is 58.3 Å². The van der Waals surface area contributed by atoms with E-state index in [-0.39, 0.29) is 18.4 Å². The zero-order valence-electron chi connectivity index (χ0n) is 18.7. The van der Waals surface area contributed by atoms with Crippen LogP contribution < -0.4 is 16.4 Å². The van der Waals surface area contributed by atoms with Crippen molar-refractivity contribution in [3.8, 4) is 0 Å². The second-order valence-corrected chi connectivity index (χ2v) is 8.17. The van der Waals surface area contributed by atoms with Crippen molar-refractivity contribution in [2.45, 2.75) is 58.3 Å². The lowest BCUT2D eigenvalue weighted by Gasteiger charge is -2.22. The summed E-state index contributed by atoms with van der Waals surface area (Å²) in [5, 5.41) is 6.27. The molecular formula is C21H44N4O3S. The summed E-state index contributed by atoms with van der Waals surface area (Å²) < 4.78 is 5.45. The van der Waals surface area contributed by atoms with Crippen molar-refractivity contribution in [3.05, 3.63) is 0 Å². The number of hydrogen-bond donors (Lipinski definition) is 3. The fourth-order valence-electron chi connectivity index (χ4n) is 2.85. The van der Waals surface area contributed by atoms with Crippen molar-refractivity contribution in [1.82, 2.24) is 15.5 Å². The van der Waals surface area contributed by atoms with Crippen molar-refractivity contribution in [2.75, 3.05) is 64.5 Å². The minimum absolute atomic E-state index is 0.0342. The molecule has 0 rings (SSSR count). The standard InChI is InChI=1S/C21H44N4O3S/c1-3-15-25(16-9-5-8-13-23-12-7-4-6-11-22)21(27)19-28-17-14-24-20(26)10-18-29-2/h23H,3-19,22H2,1-2H3,(H,24,26). The highest BCUT2D eigenvalue weighted by atomic mass is 32.2. The van der Waals surface area contributed by atoms with Gasteiger partial charge in [0.15, 0.2) is 0 Å². The molecule has 0 unspecified atom stereocenters. The molecule has 0 aliphatic carbocycles. The molecule has 0 radical (unpaired) electrons. The Hall–Kier alpha value is -0.830. The minimum Gasteiger partial charge on any atom is -0.370 e. The van der Waals surface area contributed by atoms with Crippen LogP contribution in [0.5, 0.6) is 0 Å². The molecule has 2 amide bonds. The fourth-order valence-corrected chi connectivity index (χ4v) is 3.24. The van der Waals surface area contributed by atoms with Crippen molar-refractivity contribution in [3.63, 3.8) is 0 Å². The molecule has 0 aliphatic rings. The van der Waals surface area contributed by atoms with Crippen LogP contribution in [0.2, 0.25) is 0 Å². The third-order valence-electron chi connectivity index (χ3n) is 4.51. The van der Waals surface area contributed by atoms with E-state index in [1.54, 1.807) is 11.8 Å². The average molecular weight is 433 g/mol. The fraction of sp³-hybridized carbons (Fsp3) is 0.905. The van der Waals surface area contributed by atoms with Crippen LogP contribution in [0.3, 0.4) is 0 Å². The molecule has 0 fully saturated rings. The lowest BCUT2D eigenvalue weighted by atomic mass is 10.2. The summed E-state index contributed by atoms with van der Waals surface area (Å²) in [6.07, 6.45) is 10.2. The number of rotatable bonds is 21. The van der Waals surface area contributed by atoms with Gasteiger partial charge >= 0.3 is 0 Å². The molecule has 0 saturated heterocycles. The van der Waals surface area contributed by atoms with Crippen molar-refractivity contribution >= 4 is 23.6 Å². The molecule has 0 aromatic carbocycles. The third kappa shape index (κ3) is 18.9. The number of amides is 2. The van der Waals surface area contributed by atoms with Crippen LogP contribution in [0.15, 0.2) is 0 Å². The van der Waals surface area contributed by atoms with Gasteiger partial charge < -0.3 is 26.0 Å². The SMILES string of the molecule is CCCN(CCCCCNCCCCCN)C(=O)COCCNC(=O)CCSC. The summed E-state index contributed by atoms with van der Waals surface area (Å²) in [7, 11) is 0. The van der Waals surface area contributed by atoms with Gasteiger partial charge in [0.05, 0.1) is 6.61 Å². The highest BCUT2D eigenvalue weighted by Crippen LogP contribution is 2.01. The minimum atomic E-state index is 0.0342. The lowest BCUT2D eigenvalue weighted by molar-refractivity contribution is -0.136. The number of hydrogen-bond acceptors (Lipinski definition) is 6. The maximum atomic E-state index is 12.4. The van der Waals surface area contributed by atoms with E-state index >= 15 is 0 Å². The van der Waals surface area contributed by atoms with Crippen LogP contribution >= 0.6 is 11.8 Å². The highest BCUT2D eigenvalue weighted by molar-refractivity contribution is 7.98. The number of nitrogens with two attached hydrogens (primary N) is 1. The number of carbonyl (C=O) groups excluding carboxylic acids is 2. The Morgan fingerprint density at radius 1 is 1.00 bits per heavy atom. The predicted molar refractivity (Wildman–Crippen MR) is 123 cm³/mol. The number of nitrogens with zero attached hydrogens (tertiary/aromatic N) is 1. The summed E-state index contributed by atoms with van der Waals surface area (Å²) in [4.78, 5) is 25.8. The van der Waals surface area contributed by atoms with E-state index in [2.05, 4.69) is 17.6 Å². The first-order valence-corrected chi connectivity index (χ1v) is 12.6. The topological polar surface area (TPSA) is 96.7 Å². The number of thioether (sulfide) groups is 1. The molecule has 8 heteroatoms. The normalized spacial score (nSPS) is 10.9. The van der Waals surface area contributed by atoms with Gasteiger partial charge in [0.1, 0.15) is 6.61 Å². The first-order valence-electron chi connectivity index (χ1n) is 11.2. The average Bonchev–Trinajstić information content (AvgIpc) is 2.72. The molecule has 29 heavy (non-hydrogen) atoms. The van der Waals surface area contributed by atoms with Gasteiger partial charge in [-0.3, -0.25) is 9.59 Å². The van der Waals surface area contributed by atoms with Gasteiger partial charge in [-0.2, -0.15) is 11.8 Å². The Bertz CT molecular complexity index is 400. The lowest BCUT2D eigenvalue weighted by Crippen LogP contribution is -2.36. The second-order valence-electron chi connectivity index (χ2n) is 7.19. The van der Waals surface area contributed by atoms with Gasteiger partial charge in [0.2, 0.25) is 11.8 Å². The molecule has 0 atom stereocenters. The summed E-state index contributed by atoms with van der Waals surface area (Å²) in [6, 6.07) is 0. The predicted octanol–water partition coefficient (Wildman–Crippen LogP) is 2.00. The molecule has 7 nitrogen and oxygen atoms in total. The molecule has 172 valence electrons. The van der Waals surface area contributed by atoms with Gasteiger partial charge in [-0.15, -0.1) is 0 Å². The molecule has 0 saturated carbocycles. The molecule has 0 aromatic rings. The van der Waals surface area contributed by atoms with E-state index in [4.69, 9.17) is 10.5 Å². The Labute approximate surface area is 182 Å². The highest BCUT2D eigenvalue weighted by Gasteiger charge is 2.12. The zero-order chi connectivity index (χ0) is 21.6. The Balaban J connectivity index is 3.72. The van der Waals surface area contributed by atoms with Crippen molar-refractivity contribution in [2.24, 2.45) is 5.73 Å². The summed E-state index contributed by atoms with van der Waals surface area (Å²) in [5.74, 6) is 0.896. The van der Waals surface area contributed by atoms with Crippen LogP contribution in [-0.2, 0) is 14.3 Å². The number of nitrogens with one attached hydrogen (secondary N) is 2. The molecule has 0 spiro atoms. The van der Waals surface area contributed by atoms with Gasteiger partial charge in [-0.25, -0.2) is 0 Å². The number of unbranched alkanes of at least 4 members (excludes halogenated alkanes) is 4. The van der Waals surface area contributed by atoms with Gasteiger partial charge in [-0.1, -0.05) is 19.8 Å². The molecule has 0 aliphatic heterocycles. The first kappa shape index (κ1) is 28.2. The molecule has 0 aromatic heterocycles. The maximum absolute atomic E-state index is 12.4. The van der Waals surface area contributed by atoms with Crippen LogP contribution in [0, 0.1) is 0 Å². The van der Waals surface area contributed by atoms with Crippen LogP contribution in [-0.4, -0.2) is 81.2 Å². The monoisotopic (exact) mass is 432 g/mol. The van der Waals surface area contributed by atoms with Gasteiger partial charge in [-0.05, 0) is 58.0 Å². The number of carbonyl (C=O) groups is 2. The Morgan fingerprint density at radius 3 is 2.38 bits per heavy atom. The van der Waals surface area contributed by atoms with E-state index < -0.39 is 0 Å². The van der Waals surface area contributed by atoms with E-state index in [1.165, 1.54) is 12.8 Å². The Kier molecular flexibility index (Phi) is 21.2. The van der Waals surface area contributed by atoms with E-state index in [9.17, 15) is 9.59 Å². The third-order valence-corrected chi connectivity index (χ3v) is 5.13. The maximum Gasteiger partial charge on any atom is 0.248 e. The van der Waals surface area contributed by atoms with E-state index in [0.717, 1.165) is 70.6 Å². The molecule has 0 bridgehead atoms. The summed E-state index contributed by atoms with van der Waals surface area (Å²) >= 11 is 1.65. The van der Waals surface area contributed by atoms with Gasteiger partial charge in [0.25, 0.3) is 0 Å². The largest absolute Gasteiger partial charge is 0.370 e. The van der Waals surface area contributed by atoms with E-state index in [1.807, 2.05) is 11.2 Å².